The number of hydrogen-bond donors (Lipinski definition) is 1. The summed E-state index contributed by atoms with van der Waals surface area (Å²) in [5.41, 5.74) is 5.55. The van der Waals surface area contributed by atoms with Crippen LogP contribution in [0, 0.1) is 17.4 Å². The molecule has 0 aromatic heterocycles. The summed E-state index contributed by atoms with van der Waals surface area (Å²) >= 11 is 2.36. The highest BCUT2D eigenvalue weighted by atomic mass is 127. The average molecular weight is 393 g/mol. The van der Waals surface area contributed by atoms with E-state index in [-0.39, 0.29) is 0 Å². The minimum Gasteiger partial charge on any atom is -0.310 e. The summed E-state index contributed by atoms with van der Waals surface area (Å²) in [7, 11) is 0. The van der Waals surface area contributed by atoms with Crippen LogP contribution in [0.2, 0.25) is 0 Å². The standard InChI is InChI=1S/C19H24IN/c1-4-11-21-19(16-7-9-18(20)10-8-16)13-17-12-14(2)5-6-15(17)3/h5-10,12,19,21H,4,11,13H2,1-3H3. The number of hydrogen-bond acceptors (Lipinski definition) is 1. The fraction of sp³-hybridized carbons (Fsp3) is 0.368. The third kappa shape index (κ3) is 4.82. The Morgan fingerprint density at radius 3 is 2.43 bits per heavy atom. The molecule has 0 saturated heterocycles. The Morgan fingerprint density at radius 2 is 1.76 bits per heavy atom. The predicted molar refractivity (Wildman–Crippen MR) is 99.8 cm³/mol. The first-order valence-electron chi connectivity index (χ1n) is 7.65. The monoisotopic (exact) mass is 393 g/mol. The molecule has 0 bridgehead atoms. The van der Waals surface area contributed by atoms with E-state index in [1.165, 1.54) is 25.8 Å². The van der Waals surface area contributed by atoms with Gasteiger partial charge in [0.1, 0.15) is 0 Å². The van der Waals surface area contributed by atoms with Gasteiger partial charge in [-0.1, -0.05) is 42.8 Å². The lowest BCUT2D eigenvalue weighted by atomic mass is 9.95. The zero-order valence-electron chi connectivity index (χ0n) is 13.1. The van der Waals surface area contributed by atoms with Gasteiger partial charge in [-0.25, -0.2) is 0 Å². The van der Waals surface area contributed by atoms with E-state index >= 15 is 0 Å². The lowest BCUT2D eigenvalue weighted by molar-refractivity contribution is 0.528. The molecule has 2 rings (SSSR count). The molecule has 21 heavy (non-hydrogen) atoms. The van der Waals surface area contributed by atoms with Crippen molar-refractivity contribution in [3.8, 4) is 0 Å². The Kier molecular flexibility index (Phi) is 6.24. The van der Waals surface area contributed by atoms with Gasteiger partial charge in [-0.3, -0.25) is 0 Å². The van der Waals surface area contributed by atoms with Crippen LogP contribution in [0.15, 0.2) is 42.5 Å². The average Bonchev–Trinajstić information content (AvgIpc) is 2.48. The maximum absolute atomic E-state index is 3.70. The van der Waals surface area contributed by atoms with Crippen LogP contribution in [0.4, 0.5) is 0 Å². The Labute approximate surface area is 142 Å². The second-order valence-corrected chi connectivity index (χ2v) is 6.94. The summed E-state index contributed by atoms with van der Waals surface area (Å²) < 4.78 is 1.29. The van der Waals surface area contributed by atoms with E-state index in [4.69, 9.17) is 0 Å². The van der Waals surface area contributed by atoms with Crippen LogP contribution in [0.5, 0.6) is 0 Å². The molecule has 2 heteroatoms. The second kappa shape index (κ2) is 7.95. The van der Waals surface area contributed by atoms with Crippen molar-refractivity contribution in [3.63, 3.8) is 0 Å². The normalized spacial score (nSPS) is 12.4. The van der Waals surface area contributed by atoms with Gasteiger partial charge in [-0.2, -0.15) is 0 Å². The molecule has 1 atom stereocenters. The smallest absolute Gasteiger partial charge is 0.0360 e. The molecule has 0 amide bonds. The van der Waals surface area contributed by atoms with Gasteiger partial charge < -0.3 is 5.32 Å². The third-order valence-electron chi connectivity index (χ3n) is 3.84. The van der Waals surface area contributed by atoms with E-state index in [2.05, 4.69) is 91.1 Å². The summed E-state index contributed by atoms with van der Waals surface area (Å²) in [4.78, 5) is 0. The molecule has 0 aliphatic carbocycles. The first-order valence-corrected chi connectivity index (χ1v) is 8.73. The molecule has 1 N–H and O–H groups in total. The summed E-state index contributed by atoms with van der Waals surface area (Å²) in [5, 5.41) is 3.70. The molecule has 0 aliphatic rings. The van der Waals surface area contributed by atoms with Crippen LogP contribution in [0.25, 0.3) is 0 Å². The van der Waals surface area contributed by atoms with Crippen molar-refractivity contribution in [1.29, 1.82) is 0 Å². The summed E-state index contributed by atoms with van der Waals surface area (Å²) in [6.45, 7) is 7.65. The van der Waals surface area contributed by atoms with Gasteiger partial charge in [-0.05, 0) is 84.6 Å². The van der Waals surface area contributed by atoms with E-state index in [0.29, 0.717) is 6.04 Å². The predicted octanol–water partition coefficient (Wildman–Crippen LogP) is 5.19. The van der Waals surface area contributed by atoms with Crippen molar-refractivity contribution in [3.05, 3.63) is 68.3 Å². The summed E-state index contributed by atoms with van der Waals surface area (Å²) in [6.07, 6.45) is 2.21. The number of rotatable bonds is 6. The molecule has 2 aromatic rings. The topological polar surface area (TPSA) is 12.0 Å². The van der Waals surface area contributed by atoms with Crippen LogP contribution in [-0.4, -0.2) is 6.54 Å². The molecule has 1 unspecified atom stereocenters. The van der Waals surface area contributed by atoms with Crippen molar-refractivity contribution < 1.29 is 0 Å². The van der Waals surface area contributed by atoms with Gasteiger partial charge in [0.2, 0.25) is 0 Å². The van der Waals surface area contributed by atoms with Gasteiger partial charge in [0, 0.05) is 9.61 Å². The van der Waals surface area contributed by atoms with Crippen molar-refractivity contribution in [2.45, 2.75) is 39.7 Å². The number of aryl methyl sites for hydroxylation is 2. The molecule has 1 nitrogen and oxygen atoms in total. The fourth-order valence-electron chi connectivity index (χ4n) is 2.56. The Balaban J connectivity index is 2.23. The largest absolute Gasteiger partial charge is 0.310 e. The van der Waals surface area contributed by atoms with Crippen LogP contribution in [0.1, 0.15) is 41.6 Å². The van der Waals surface area contributed by atoms with Gasteiger partial charge in [-0.15, -0.1) is 0 Å². The van der Waals surface area contributed by atoms with Gasteiger partial charge in [0.15, 0.2) is 0 Å². The Morgan fingerprint density at radius 1 is 1.05 bits per heavy atom. The van der Waals surface area contributed by atoms with E-state index in [1.807, 2.05) is 0 Å². The van der Waals surface area contributed by atoms with Gasteiger partial charge in [0.25, 0.3) is 0 Å². The Bertz CT molecular complexity index is 575. The van der Waals surface area contributed by atoms with E-state index in [1.54, 1.807) is 0 Å². The molecule has 0 radical (unpaired) electrons. The maximum atomic E-state index is 3.70. The number of benzene rings is 2. The molecular formula is C19H24IN. The number of nitrogens with one attached hydrogen (secondary N) is 1. The van der Waals surface area contributed by atoms with E-state index in [0.717, 1.165) is 19.4 Å². The van der Waals surface area contributed by atoms with Crippen LogP contribution in [0.3, 0.4) is 0 Å². The van der Waals surface area contributed by atoms with Crippen molar-refractivity contribution >= 4 is 22.6 Å². The fourth-order valence-corrected chi connectivity index (χ4v) is 2.92. The lowest BCUT2D eigenvalue weighted by Gasteiger charge is -2.20. The highest BCUT2D eigenvalue weighted by molar-refractivity contribution is 14.1. The quantitative estimate of drug-likeness (QED) is 0.666. The maximum Gasteiger partial charge on any atom is 0.0360 e. The molecule has 112 valence electrons. The number of halogens is 1. The molecule has 0 spiro atoms. The zero-order valence-corrected chi connectivity index (χ0v) is 15.3. The minimum absolute atomic E-state index is 0.391. The summed E-state index contributed by atoms with van der Waals surface area (Å²) in [5.74, 6) is 0. The second-order valence-electron chi connectivity index (χ2n) is 5.69. The van der Waals surface area contributed by atoms with E-state index in [9.17, 15) is 0 Å². The van der Waals surface area contributed by atoms with Crippen LogP contribution < -0.4 is 5.32 Å². The highest BCUT2D eigenvalue weighted by Gasteiger charge is 2.13. The van der Waals surface area contributed by atoms with E-state index < -0.39 is 0 Å². The zero-order chi connectivity index (χ0) is 15.2. The van der Waals surface area contributed by atoms with Gasteiger partial charge in [0.05, 0.1) is 0 Å². The lowest BCUT2D eigenvalue weighted by Crippen LogP contribution is -2.24. The van der Waals surface area contributed by atoms with Crippen molar-refractivity contribution in [1.82, 2.24) is 5.32 Å². The highest BCUT2D eigenvalue weighted by Crippen LogP contribution is 2.22. The van der Waals surface area contributed by atoms with Crippen LogP contribution in [-0.2, 0) is 6.42 Å². The molecule has 0 heterocycles. The third-order valence-corrected chi connectivity index (χ3v) is 4.56. The SMILES string of the molecule is CCCNC(Cc1cc(C)ccc1C)c1ccc(I)cc1. The first-order chi connectivity index (χ1) is 10.1. The molecule has 0 saturated carbocycles. The van der Waals surface area contributed by atoms with Crippen molar-refractivity contribution in [2.75, 3.05) is 6.54 Å². The van der Waals surface area contributed by atoms with Crippen LogP contribution >= 0.6 is 22.6 Å². The first kappa shape index (κ1) is 16.5. The molecule has 0 fully saturated rings. The van der Waals surface area contributed by atoms with Gasteiger partial charge >= 0.3 is 0 Å². The molecular weight excluding hydrogens is 369 g/mol. The molecule has 0 aliphatic heterocycles. The summed E-state index contributed by atoms with van der Waals surface area (Å²) in [6, 6.07) is 16.0. The Hall–Kier alpha value is -0.870. The minimum atomic E-state index is 0.391. The van der Waals surface area contributed by atoms with Crippen molar-refractivity contribution in [2.24, 2.45) is 0 Å². The molecule has 2 aromatic carbocycles.